The van der Waals surface area contributed by atoms with E-state index in [0.29, 0.717) is 12.2 Å². The molecule has 0 atom stereocenters. The number of aryl methyl sites for hydroxylation is 1. The summed E-state index contributed by atoms with van der Waals surface area (Å²) in [5.74, 6) is -0.311. The van der Waals surface area contributed by atoms with Crippen LogP contribution in [0.15, 0.2) is 78.9 Å². The zero-order chi connectivity index (χ0) is 19.5. The molecule has 0 aliphatic rings. The average Bonchev–Trinajstić information content (AvgIpc) is 2.73. The van der Waals surface area contributed by atoms with Crippen LogP contribution in [0.2, 0.25) is 0 Å². The van der Waals surface area contributed by atoms with E-state index in [0.717, 1.165) is 33.3 Å². The summed E-state index contributed by atoms with van der Waals surface area (Å²) in [7, 11) is 0. The number of hydrogen-bond acceptors (Lipinski definition) is 3. The van der Waals surface area contributed by atoms with Crippen molar-refractivity contribution >= 4 is 16.9 Å². The van der Waals surface area contributed by atoms with E-state index in [1.165, 1.54) is 5.56 Å². The van der Waals surface area contributed by atoms with Gasteiger partial charge in [0.2, 0.25) is 0 Å². The van der Waals surface area contributed by atoms with Gasteiger partial charge in [-0.2, -0.15) is 0 Å². The maximum Gasteiger partial charge on any atom is 0.338 e. The topological polar surface area (TPSA) is 39.2 Å². The molecule has 0 radical (unpaired) electrons. The second kappa shape index (κ2) is 7.65. The lowest BCUT2D eigenvalue weighted by atomic mass is 9.95. The molecule has 0 fully saturated rings. The van der Waals surface area contributed by atoms with Crippen molar-refractivity contribution in [2.24, 2.45) is 0 Å². The van der Waals surface area contributed by atoms with Gasteiger partial charge < -0.3 is 4.74 Å². The normalized spacial score (nSPS) is 10.8. The number of carbonyl (C=O) groups excluding carboxylic acids is 1. The molecule has 1 heterocycles. The molecule has 4 rings (SSSR count). The first-order valence-electron chi connectivity index (χ1n) is 9.40. The van der Waals surface area contributed by atoms with Crippen LogP contribution in [0.25, 0.3) is 33.2 Å². The van der Waals surface area contributed by atoms with E-state index in [1.807, 2.05) is 44.2 Å². The second-order valence-electron chi connectivity index (χ2n) is 6.71. The second-order valence-corrected chi connectivity index (χ2v) is 6.71. The Hall–Kier alpha value is -3.46. The van der Waals surface area contributed by atoms with Gasteiger partial charge >= 0.3 is 5.97 Å². The van der Waals surface area contributed by atoms with Crippen molar-refractivity contribution in [1.29, 1.82) is 0 Å². The Balaban J connectivity index is 1.88. The summed E-state index contributed by atoms with van der Waals surface area (Å²) < 4.78 is 5.16. The molecule has 138 valence electrons. The van der Waals surface area contributed by atoms with Crippen LogP contribution in [0.5, 0.6) is 0 Å². The van der Waals surface area contributed by atoms with Crippen molar-refractivity contribution in [2.75, 3.05) is 6.61 Å². The predicted molar refractivity (Wildman–Crippen MR) is 113 cm³/mol. The van der Waals surface area contributed by atoms with Gasteiger partial charge in [0.15, 0.2) is 0 Å². The summed E-state index contributed by atoms with van der Waals surface area (Å²) in [6, 6.07) is 26.4. The number of hydrogen-bond donors (Lipinski definition) is 0. The third-order valence-corrected chi connectivity index (χ3v) is 4.73. The first-order chi connectivity index (χ1) is 13.7. The largest absolute Gasteiger partial charge is 0.462 e. The lowest BCUT2D eigenvalue weighted by Gasteiger charge is -2.11. The van der Waals surface area contributed by atoms with Crippen molar-refractivity contribution in [3.8, 4) is 22.3 Å². The molecule has 0 unspecified atom stereocenters. The average molecular weight is 367 g/mol. The van der Waals surface area contributed by atoms with Gasteiger partial charge in [-0.15, -0.1) is 0 Å². The van der Waals surface area contributed by atoms with Crippen molar-refractivity contribution in [1.82, 2.24) is 4.98 Å². The highest BCUT2D eigenvalue weighted by atomic mass is 16.5. The maximum atomic E-state index is 12.2. The van der Waals surface area contributed by atoms with Gasteiger partial charge in [0.05, 0.1) is 17.7 Å². The van der Waals surface area contributed by atoms with Crippen LogP contribution in [0.3, 0.4) is 0 Å². The van der Waals surface area contributed by atoms with Crippen LogP contribution in [0.1, 0.15) is 23.0 Å². The first-order valence-corrected chi connectivity index (χ1v) is 9.40. The number of fused-ring (bicyclic) bond motifs is 1. The van der Waals surface area contributed by atoms with E-state index in [2.05, 4.69) is 47.4 Å². The van der Waals surface area contributed by atoms with Gasteiger partial charge in [-0.25, -0.2) is 4.79 Å². The Morgan fingerprint density at radius 1 is 0.857 bits per heavy atom. The fraction of sp³-hybridized carbons (Fsp3) is 0.120. The summed E-state index contributed by atoms with van der Waals surface area (Å²) in [4.78, 5) is 16.8. The third-order valence-electron chi connectivity index (χ3n) is 4.73. The highest BCUT2D eigenvalue weighted by Crippen LogP contribution is 2.32. The monoisotopic (exact) mass is 367 g/mol. The summed E-state index contributed by atoms with van der Waals surface area (Å²) in [5, 5.41) is 0.946. The Kier molecular flexibility index (Phi) is 4.90. The standard InChI is InChI=1S/C25H21NO2/c1-3-28-25(27)21-12-13-24-23(16-21)22(14-17(2)26-24)20-11-7-10-19(15-20)18-8-5-4-6-9-18/h4-16H,3H2,1-2H3. The molecule has 0 bridgehead atoms. The predicted octanol–water partition coefficient (Wildman–Crippen LogP) is 6.05. The number of pyridine rings is 1. The van der Waals surface area contributed by atoms with E-state index in [-0.39, 0.29) is 5.97 Å². The molecule has 0 amide bonds. The molecule has 4 aromatic rings. The smallest absolute Gasteiger partial charge is 0.338 e. The fourth-order valence-corrected chi connectivity index (χ4v) is 3.44. The van der Waals surface area contributed by atoms with Crippen LogP contribution in [0.4, 0.5) is 0 Å². The zero-order valence-corrected chi connectivity index (χ0v) is 16.0. The maximum absolute atomic E-state index is 12.2. The highest BCUT2D eigenvalue weighted by molar-refractivity contribution is 6.00. The molecule has 28 heavy (non-hydrogen) atoms. The van der Waals surface area contributed by atoms with Gasteiger partial charge in [-0.3, -0.25) is 4.98 Å². The molecule has 3 aromatic carbocycles. The van der Waals surface area contributed by atoms with Crippen molar-refractivity contribution in [2.45, 2.75) is 13.8 Å². The zero-order valence-electron chi connectivity index (χ0n) is 16.0. The Bertz CT molecular complexity index is 1150. The fourth-order valence-electron chi connectivity index (χ4n) is 3.44. The molecule has 0 saturated heterocycles. The number of benzene rings is 3. The highest BCUT2D eigenvalue weighted by Gasteiger charge is 2.12. The van der Waals surface area contributed by atoms with E-state index >= 15 is 0 Å². The lowest BCUT2D eigenvalue weighted by Crippen LogP contribution is -2.04. The minimum absolute atomic E-state index is 0.311. The molecule has 0 aliphatic heterocycles. The molecule has 1 aromatic heterocycles. The molecule has 0 aliphatic carbocycles. The molecular formula is C25H21NO2. The Morgan fingerprint density at radius 3 is 2.39 bits per heavy atom. The van der Waals surface area contributed by atoms with Gasteiger partial charge in [0, 0.05) is 11.1 Å². The van der Waals surface area contributed by atoms with Crippen molar-refractivity contribution in [3.63, 3.8) is 0 Å². The summed E-state index contributed by atoms with van der Waals surface area (Å²) in [5.41, 5.74) is 6.84. The van der Waals surface area contributed by atoms with Crippen LogP contribution < -0.4 is 0 Å². The lowest BCUT2D eigenvalue weighted by molar-refractivity contribution is 0.0526. The quantitative estimate of drug-likeness (QED) is 0.412. The Labute approximate surface area is 164 Å². The van der Waals surface area contributed by atoms with Gasteiger partial charge in [-0.1, -0.05) is 48.5 Å². The summed E-state index contributed by atoms with van der Waals surface area (Å²) in [6.45, 7) is 4.16. The molecule has 0 spiro atoms. The van der Waals surface area contributed by atoms with E-state index in [1.54, 1.807) is 6.07 Å². The molecule has 3 nitrogen and oxygen atoms in total. The Morgan fingerprint density at radius 2 is 1.61 bits per heavy atom. The molecular weight excluding hydrogens is 346 g/mol. The van der Waals surface area contributed by atoms with Crippen LogP contribution in [-0.2, 0) is 4.74 Å². The van der Waals surface area contributed by atoms with Crippen molar-refractivity contribution in [3.05, 3.63) is 90.1 Å². The number of carbonyl (C=O) groups is 1. The van der Waals surface area contributed by atoms with Gasteiger partial charge in [0.1, 0.15) is 0 Å². The van der Waals surface area contributed by atoms with Gasteiger partial charge in [0.25, 0.3) is 0 Å². The molecule has 3 heteroatoms. The SMILES string of the molecule is CCOC(=O)c1ccc2nc(C)cc(-c3cccc(-c4ccccc4)c3)c2c1. The van der Waals surface area contributed by atoms with Crippen LogP contribution in [-0.4, -0.2) is 17.6 Å². The number of nitrogens with zero attached hydrogens (tertiary/aromatic N) is 1. The van der Waals surface area contributed by atoms with Crippen molar-refractivity contribution < 1.29 is 9.53 Å². The van der Waals surface area contributed by atoms with Crippen LogP contribution >= 0.6 is 0 Å². The van der Waals surface area contributed by atoms with E-state index < -0.39 is 0 Å². The van der Waals surface area contributed by atoms with E-state index in [4.69, 9.17) is 4.74 Å². The van der Waals surface area contributed by atoms with E-state index in [9.17, 15) is 4.79 Å². The summed E-state index contributed by atoms with van der Waals surface area (Å²) in [6.07, 6.45) is 0. The summed E-state index contributed by atoms with van der Waals surface area (Å²) >= 11 is 0. The molecule has 0 saturated carbocycles. The van der Waals surface area contributed by atoms with Crippen LogP contribution in [0, 0.1) is 6.92 Å². The number of aromatic nitrogens is 1. The van der Waals surface area contributed by atoms with Gasteiger partial charge in [-0.05, 0) is 66.4 Å². The minimum atomic E-state index is -0.311. The molecule has 0 N–H and O–H groups in total. The number of esters is 1. The number of rotatable bonds is 4. The third kappa shape index (κ3) is 3.52. The minimum Gasteiger partial charge on any atom is -0.462 e. The first kappa shape index (κ1) is 17.9. The number of ether oxygens (including phenoxy) is 1.